The minimum atomic E-state index is -3.73. The molecule has 0 amide bonds. The molecule has 1 saturated heterocycles. The first-order valence-electron chi connectivity index (χ1n) is 8.60. The number of ether oxygens (including phenoxy) is 1. The number of hydrogen-bond acceptors (Lipinski definition) is 5. The van der Waals surface area contributed by atoms with Gasteiger partial charge in [-0.15, -0.1) is 0 Å². The van der Waals surface area contributed by atoms with Crippen LogP contribution in [0.4, 0.5) is 0 Å². The number of nitrogens with one attached hydrogen (secondary N) is 1. The number of morpholine rings is 1. The van der Waals surface area contributed by atoms with E-state index in [-0.39, 0.29) is 28.9 Å². The molecule has 1 aromatic rings. The minimum absolute atomic E-state index is 0.000851. The Labute approximate surface area is 149 Å². The first-order chi connectivity index (χ1) is 11.9. The highest BCUT2D eigenvalue weighted by Crippen LogP contribution is 2.23. The fraction of sp³-hybridized carbons (Fsp3) is 0.625. The van der Waals surface area contributed by atoms with E-state index < -0.39 is 20.0 Å². The molecular weight excluding hydrogens is 364 g/mol. The van der Waals surface area contributed by atoms with Gasteiger partial charge in [0.1, 0.15) is 0 Å². The van der Waals surface area contributed by atoms with Crippen LogP contribution >= 0.6 is 0 Å². The molecule has 7 nitrogen and oxygen atoms in total. The van der Waals surface area contributed by atoms with E-state index in [1.807, 2.05) is 0 Å². The van der Waals surface area contributed by atoms with Crippen LogP contribution in [0.2, 0.25) is 0 Å². The van der Waals surface area contributed by atoms with Gasteiger partial charge in [0.05, 0.1) is 23.0 Å². The summed E-state index contributed by atoms with van der Waals surface area (Å²) in [5, 5.41) is 0. The third-order valence-corrected chi connectivity index (χ3v) is 8.06. The van der Waals surface area contributed by atoms with Crippen molar-refractivity contribution in [3.63, 3.8) is 0 Å². The van der Waals surface area contributed by atoms with Crippen LogP contribution < -0.4 is 4.72 Å². The van der Waals surface area contributed by atoms with Crippen molar-refractivity contribution in [2.75, 3.05) is 26.3 Å². The topological polar surface area (TPSA) is 92.8 Å². The van der Waals surface area contributed by atoms with Crippen molar-refractivity contribution >= 4 is 20.0 Å². The van der Waals surface area contributed by atoms with E-state index in [1.165, 1.54) is 28.6 Å². The Bertz CT molecular complexity index is 796. The van der Waals surface area contributed by atoms with Crippen LogP contribution in [0.1, 0.15) is 32.1 Å². The van der Waals surface area contributed by atoms with E-state index >= 15 is 0 Å². The van der Waals surface area contributed by atoms with Crippen LogP contribution in [-0.4, -0.2) is 53.5 Å². The summed E-state index contributed by atoms with van der Waals surface area (Å²) in [7, 11) is -7.45. The molecule has 0 radical (unpaired) electrons. The smallest absolute Gasteiger partial charge is 0.243 e. The van der Waals surface area contributed by atoms with Crippen LogP contribution in [0.25, 0.3) is 0 Å². The van der Waals surface area contributed by atoms with Crippen molar-refractivity contribution < 1.29 is 21.6 Å². The molecule has 1 N–H and O–H groups in total. The molecule has 1 aromatic carbocycles. The van der Waals surface area contributed by atoms with Gasteiger partial charge in [0, 0.05) is 19.1 Å². The Morgan fingerprint density at radius 1 is 0.960 bits per heavy atom. The second-order valence-electron chi connectivity index (χ2n) is 6.45. The second kappa shape index (κ2) is 7.71. The van der Waals surface area contributed by atoms with Crippen molar-refractivity contribution in [1.82, 2.24) is 9.03 Å². The molecule has 140 valence electrons. The van der Waals surface area contributed by atoms with Gasteiger partial charge in [0.25, 0.3) is 0 Å². The molecule has 9 heteroatoms. The summed E-state index contributed by atoms with van der Waals surface area (Å²) in [6.45, 7) is 1.25. The van der Waals surface area contributed by atoms with Gasteiger partial charge in [-0.1, -0.05) is 25.3 Å². The van der Waals surface area contributed by atoms with E-state index in [9.17, 15) is 16.8 Å². The molecule has 1 aliphatic carbocycles. The van der Waals surface area contributed by atoms with E-state index in [0.717, 1.165) is 32.1 Å². The first-order valence-corrected chi connectivity index (χ1v) is 11.5. The predicted octanol–water partition coefficient (Wildman–Crippen LogP) is 1.32. The highest BCUT2D eigenvalue weighted by atomic mass is 32.2. The third kappa shape index (κ3) is 4.40. The summed E-state index contributed by atoms with van der Waals surface area (Å²) in [6.07, 6.45) is 4.80. The minimum Gasteiger partial charge on any atom is -0.379 e. The number of rotatable bonds is 5. The van der Waals surface area contributed by atoms with E-state index in [1.54, 1.807) is 0 Å². The van der Waals surface area contributed by atoms with Crippen LogP contribution in [0.5, 0.6) is 0 Å². The quantitative estimate of drug-likeness (QED) is 0.821. The Morgan fingerprint density at radius 2 is 1.60 bits per heavy atom. The van der Waals surface area contributed by atoms with Crippen LogP contribution in [-0.2, 0) is 24.8 Å². The fourth-order valence-corrected chi connectivity index (χ4v) is 6.13. The molecular formula is C16H24N2O5S2. The number of nitrogens with zero attached hydrogens (tertiary/aromatic N) is 1. The highest BCUT2D eigenvalue weighted by Gasteiger charge is 2.28. The number of benzene rings is 1. The molecule has 3 rings (SSSR count). The van der Waals surface area contributed by atoms with Gasteiger partial charge in [0.15, 0.2) is 0 Å². The second-order valence-corrected chi connectivity index (χ2v) is 10.1. The zero-order chi connectivity index (χ0) is 17.9. The Balaban J connectivity index is 1.82. The van der Waals surface area contributed by atoms with Gasteiger partial charge < -0.3 is 4.74 Å². The van der Waals surface area contributed by atoms with Crippen molar-refractivity contribution in [1.29, 1.82) is 0 Å². The number of sulfonamides is 2. The van der Waals surface area contributed by atoms with Crippen molar-refractivity contribution in [2.45, 2.75) is 47.9 Å². The highest BCUT2D eigenvalue weighted by molar-refractivity contribution is 7.90. The van der Waals surface area contributed by atoms with Gasteiger partial charge in [-0.25, -0.2) is 21.6 Å². The zero-order valence-electron chi connectivity index (χ0n) is 14.1. The van der Waals surface area contributed by atoms with Crippen molar-refractivity contribution in [3.05, 3.63) is 24.3 Å². The summed E-state index contributed by atoms with van der Waals surface area (Å²) in [5.74, 6) is 0. The lowest BCUT2D eigenvalue weighted by molar-refractivity contribution is 0.0730. The van der Waals surface area contributed by atoms with Gasteiger partial charge in [0.2, 0.25) is 20.0 Å². The Kier molecular flexibility index (Phi) is 5.79. The third-order valence-electron chi connectivity index (χ3n) is 4.65. The van der Waals surface area contributed by atoms with Crippen molar-refractivity contribution in [3.8, 4) is 0 Å². The average Bonchev–Trinajstić information content (AvgIpc) is 2.63. The van der Waals surface area contributed by atoms with Gasteiger partial charge >= 0.3 is 0 Å². The molecule has 2 fully saturated rings. The summed E-state index contributed by atoms with van der Waals surface area (Å²) >= 11 is 0. The van der Waals surface area contributed by atoms with E-state index in [0.29, 0.717) is 13.2 Å². The van der Waals surface area contributed by atoms with Gasteiger partial charge in [-0.05, 0) is 31.0 Å². The lowest BCUT2D eigenvalue weighted by atomic mass is 9.96. The molecule has 1 heterocycles. The monoisotopic (exact) mass is 388 g/mol. The summed E-state index contributed by atoms with van der Waals surface area (Å²) in [6, 6.07) is 5.52. The lowest BCUT2D eigenvalue weighted by Crippen LogP contribution is -2.40. The first kappa shape index (κ1) is 18.8. The molecule has 1 saturated carbocycles. The van der Waals surface area contributed by atoms with Gasteiger partial charge in [-0.2, -0.15) is 4.31 Å². The lowest BCUT2D eigenvalue weighted by Gasteiger charge is -2.26. The van der Waals surface area contributed by atoms with E-state index in [4.69, 9.17) is 4.74 Å². The normalized spacial score (nSPS) is 21.3. The maximum Gasteiger partial charge on any atom is 0.243 e. The van der Waals surface area contributed by atoms with Crippen LogP contribution in [0.15, 0.2) is 34.1 Å². The molecule has 0 bridgehead atoms. The fourth-order valence-electron chi connectivity index (χ4n) is 3.25. The maximum atomic E-state index is 12.7. The van der Waals surface area contributed by atoms with E-state index in [2.05, 4.69) is 4.72 Å². The molecule has 0 unspecified atom stereocenters. The number of hydrogen-bond donors (Lipinski definition) is 1. The van der Waals surface area contributed by atoms with Crippen molar-refractivity contribution in [2.24, 2.45) is 0 Å². The summed E-state index contributed by atoms with van der Waals surface area (Å²) in [5.41, 5.74) is 0. The standard InChI is InChI=1S/C16H24N2O5S2/c19-24(20,17-14-5-2-1-3-6-14)15-7-4-8-16(13-15)25(21,22)18-9-11-23-12-10-18/h4,7-8,13-14,17H,1-3,5-6,9-12H2. The zero-order valence-corrected chi connectivity index (χ0v) is 15.7. The molecule has 0 atom stereocenters. The molecule has 0 spiro atoms. The molecule has 2 aliphatic rings. The van der Waals surface area contributed by atoms with Crippen LogP contribution in [0, 0.1) is 0 Å². The molecule has 25 heavy (non-hydrogen) atoms. The average molecular weight is 389 g/mol. The Hall–Kier alpha value is -1.00. The summed E-state index contributed by atoms with van der Waals surface area (Å²) in [4.78, 5) is -0.00618. The summed E-state index contributed by atoms with van der Waals surface area (Å²) < 4.78 is 59.9. The molecule has 0 aromatic heterocycles. The Morgan fingerprint density at radius 3 is 2.28 bits per heavy atom. The predicted molar refractivity (Wildman–Crippen MR) is 93.2 cm³/mol. The van der Waals surface area contributed by atoms with Crippen LogP contribution in [0.3, 0.4) is 0 Å². The maximum absolute atomic E-state index is 12.7. The van der Waals surface area contributed by atoms with Gasteiger partial charge in [-0.3, -0.25) is 0 Å². The SMILES string of the molecule is O=S(=O)(NC1CCCCC1)c1cccc(S(=O)(=O)N2CCOCC2)c1. The molecule has 1 aliphatic heterocycles. The largest absolute Gasteiger partial charge is 0.379 e.